The van der Waals surface area contributed by atoms with Gasteiger partial charge in [0.25, 0.3) is 11.8 Å². The molecule has 2 saturated heterocycles. The van der Waals surface area contributed by atoms with Crippen molar-refractivity contribution in [3.8, 4) is 0 Å². The van der Waals surface area contributed by atoms with Gasteiger partial charge in [-0.1, -0.05) is 12.1 Å². The van der Waals surface area contributed by atoms with Gasteiger partial charge in [-0.25, -0.2) is 40.3 Å². The molecule has 0 saturated carbocycles. The van der Waals surface area contributed by atoms with Crippen LogP contribution < -0.4 is 14.5 Å². The molecule has 4 rings (SSSR count). The van der Waals surface area contributed by atoms with Crippen LogP contribution in [-0.4, -0.2) is 114 Å². The summed E-state index contributed by atoms with van der Waals surface area (Å²) in [7, 11) is -5.14. The zero-order valence-electron chi connectivity index (χ0n) is 36.5. The molecule has 0 aromatic heterocycles. The number of amides is 3. The van der Waals surface area contributed by atoms with Gasteiger partial charge in [-0.15, -0.1) is 0 Å². The molecule has 2 aromatic carbocycles. The molecule has 2 aromatic rings. The van der Waals surface area contributed by atoms with E-state index < -0.39 is 95.2 Å². The van der Waals surface area contributed by atoms with Gasteiger partial charge in [0.2, 0.25) is 20.0 Å². The van der Waals surface area contributed by atoms with Gasteiger partial charge in [0.15, 0.2) is 21.6 Å². The molecule has 356 valence electrons. The van der Waals surface area contributed by atoms with E-state index in [0.717, 1.165) is 35.0 Å². The maximum atomic E-state index is 13.4. The van der Waals surface area contributed by atoms with Crippen molar-refractivity contribution in [2.75, 3.05) is 48.5 Å². The maximum absolute atomic E-state index is 13.4. The van der Waals surface area contributed by atoms with Gasteiger partial charge in [0.05, 0.1) is 35.8 Å². The van der Waals surface area contributed by atoms with Crippen LogP contribution in [0, 0.1) is 13.1 Å². The van der Waals surface area contributed by atoms with Crippen molar-refractivity contribution < 1.29 is 62.3 Å². The van der Waals surface area contributed by atoms with Gasteiger partial charge < -0.3 is 14.5 Å². The fourth-order valence-electron chi connectivity index (χ4n) is 6.35. The molecule has 0 spiro atoms. The van der Waals surface area contributed by atoms with Crippen LogP contribution in [0.5, 0.6) is 0 Å². The van der Waals surface area contributed by atoms with Crippen LogP contribution in [0.15, 0.2) is 36.4 Å². The van der Waals surface area contributed by atoms with Crippen LogP contribution in [0.3, 0.4) is 0 Å². The smallest absolute Gasteiger partial charge is 0.423 e. The van der Waals surface area contributed by atoms with Crippen molar-refractivity contribution in [2.24, 2.45) is 0 Å². The van der Waals surface area contributed by atoms with Crippen LogP contribution in [0.4, 0.5) is 53.9 Å². The molecule has 0 radical (unpaired) electrons. The molecule has 2 aliphatic heterocycles. The fourth-order valence-corrected chi connectivity index (χ4v) is 9.11. The van der Waals surface area contributed by atoms with E-state index in [1.165, 1.54) is 42.8 Å². The van der Waals surface area contributed by atoms with Crippen molar-refractivity contribution in [1.82, 2.24) is 18.8 Å². The number of benzene rings is 2. The van der Waals surface area contributed by atoms with Crippen LogP contribution in [0.2, 0.25) is 0 Å². The van der Waals surface area contributed by atoms with Crippen molar-refractivity contribution in [2.45, 2.75) is 90.3 Å². The molecule has 0 unspecified atom stereocenters. The number of hydrogen-bond acceptors (Lipinski definition) is 10. The van der Waals surface area contributed by atoms with Gasteiger partial charge >= 0.3 is 18.4 Å². The minimum Gasteiger partial charge on any atom is -0.443 e. The van der Waals surface area contributed by atoms with E-state index >= 15 is 0 Å². The van der Waals surface area contributed by atoms with Gasteiger partial charge in [-0.2, -0.15) is 26.3 Å². The first-order valence-electron chi connectivity index (χ1n) is 19.1. The second kappa shape index (κ2) is 19.4. The largest absolute Gasteiger partial charge is 0.443 e. The van der Waals surface area contributed by atoms with E-state index in [0.29, 0.717) is 10.4 Å². The second-order valence-electron chi connectivity index (χ2n) is 16.4. The Morgan fingerprint density at radius 2 is 1.12 bits per heavy atom. The Morgan fingerprint density at radius 1 is 0.754 bits per heavy atom. The summed E-state index contributed by atoms with van der Waals surface area (Å²) < 4.78 is 136. The summed E-state index contributed by atoms with van der Waals surface area (Å²) in [5, 5.41) is -0.128. The monoisotopic (exact) mass is 996 g/mol. The SMILES string of the molecule is [C-]#[N+]c1ccc(N2C(=O)C(C)(C)N(CCCS(=O)(=O)N(C)C(=O)OC(C)(C)C)C2=S)cc1C(F)(F)F.[C-]#[N+]c1ccc(N2C(=O)C(C)(C)N(CCCS(=O)(=O)NC)C2=S)cc1C(F)(F)F. The highest BCUT2D eigenvalue weighted by atomic mass is 32.2. The number of sulfonamides is 2. The van der Waals surface area contributed by atoms with Crippen molar-refractivity contribution in [3.63, 3.8) is 0 Å². The first kappa shape index (κ1) is 54.2. The molecular formula is C39H46F6N8O8S4. The normalized spacial score (nSPS) is 16.6. The van der Waals surface area contributed by atoms with E-state index in [4.69, 9.17) is 42.3 Å². The quantitative estimate of drug-likeness (QED) is 0.127. The average molecular weight is 997 g/mol. The number of carbonyl (C=O) groups is 3. The number of nitrogens with zero attached hydrogens (tertiary/aromatic N) is 7. The second-order valence-corrected chi connectivity index (χ2v) is 21.3. The van der Waals surface area contributed by atoms with Crippen LogP contribution >= 0.6 is 24.4 Å². The molecule has 16 nitrogen and oxygen atoms in total. The third-order valence-electron chi connectivity index (χ3n) is 9.93. The Kier molecular flexibility index (Phi) is 16.1. The highest BCUT2D eigenvalue weighted by molar-refractivity contribution is 7.89. The zero-order chi connectivity index (χ0) is 50.1. The summed E-state index contributed by atoms with van der Waals surface area (Å²) in [6, 6.07) is 5.82. The number of thiocarbonyl (C=S) groups is 2. The number of carbonyl (C=O) groups excluding carboxylic acids is 3. The first-order valence-corrected chi connectivity index (χ1v) is 23.2. The van der Waals surface area contributed by atoms with Gasteiger partial charge in [0.1, 0.15) is 16.7 Å². The number of alkyl halides is 6. The van der Waals surface area contributed by atoms with Crippen LogP contribution in [0.25, 0.3) is 9.69 Å². The minimum absolute atomic E-state index is 0.0226. The summed E-state index contributed by atoms with van der Waals surface area (Å²) >= 11 is 10.7. The number of halogens is 6. The molecule has 26 heteroatoms. The topological polar surface area (TPSA) is 166 Å². The highest BCUT2D eigenvalue weighted by Crippen LogP contribution is 2.42. The third-order valence-corrected chi connectivity index (χ3v) is 14.0. The number of anilines is 2. The Hall–Kier alpha value is -5.15. The number of hydrogen-bond donors (Lipinski definition) is 1. The molecule has 1 N–H and O–H groups in total. The molecule has 0 aliphatic carbocycles. The number of ether oxygens (including phenoxy) is 1. The Labute approximate surface area is 384 Å². The first-order chi connectivity index (χ1) is 29.5. The lowest BCUT2D eigenvalue weighted by Gasteiger charge is -2.29. The number of rotatable bonds is 12. The average Bonchev–Trinajstić information content (AvgIpc) is 3.46. The third kappa shape index (κ3) is 12.2. The molecule has 3 amide bonds. The minimum atomic E-state index is -4.82. The Bertz CT molecular complexity index is 2550. The van der Waals surface area contributed by atoms with E-state index in [9.17, 15) is 57.6 Å². The van der Waals surface area contributed by atoms with Gasteiger partial charge in [-0.05, 0) is 117 Å². The van der Waals surface area contributed by atoms with Crippen molar-refractivity contribution in [3.05, 3.63) is 70.4 Å². The highest BCUT2D eigenvalue weighted by Gasteiger charge is 2.51. The fraction of sp³-hybridized carbons (Fsp3) is 0.513. The molecule has 2 aliphatic rings. The molecule has 0 atom stereocenters. The Balaban J connectivity index is 0.000000353. The lowest BCUT2D eigenvalue weighted by Crippen LogP contribution is -2.45. The zero-order valence-corrected chi connectivity index (χ0v) is 39.8. The molecular weight excluding hydrogens is 951 g/mol. The van der Waals surface area contributed by atoms with Crippen molar-refractivity contribution >= 4 is 95.4 Å². The summed E-state index contributed by atoms with van der Waals surface area (Å²) in [6.07, 6.45) is -10.5. The lowest BCUT2D eigenvalue weighted by atomic mass is 10.0. The van der Waals surface area contributed by atoms with E-state index in [1.807, 2.05) is 0 Å². The van der Waals surface area contributed by atoms with Gasteiger partial charge in [-0.3, -0.25) is 19.4 Å². The van der Waals surface area contributed by atoms with E-state index in [2.05, 4.69) is 14.4 Å². The summed E-state index contributed by atoms with van der Waals surface area (Å²) in [5.41, 5.74) is -7.14. The van der Waals surface area contributed by atoms with Crippen molar-refractivity contribution in [1.29, 1.82) is 0 Å². The molecule has 2 fully saturated rings. The summed E-state index contributed by atoms with van der Waals surface area (Å²) in [5.74, 6) is -1.80. The summed E-state index contributed by atoms with van der Waals surface area (Å²) in [6.45, 7) is 24.9. The predicted octanol–water partition coefficient (Wildman–Crippen LogP) is 7.46. The standard InChI is InChI=1S/C22H27F3N4O5S2.C17H19F3N4O3S2/c1-20(2,3)34-19(31)27(7)36(32,33)12-8-11-28-18(35)29(17(30)21(28,4)5)14-9-10-16(26-6)15(13-14)22(23,24)25;1-16(2)14(25)24(15(28)23(16)8-5-9-29(26,27)22-4)11-6-7-13(21-3)12(10-11)17(18,19)20/h9-10,13H,8,11-12H2,1-5,7H3;6-7,10,22H,5,8-9H2,1-2,4H3. The molecule has 2 heterocycles. The number of nitrogens with one attached hydrogen (secondary N) is 1. The van der Waals surface area contributed by atoms with E-state index in [1.54, 1.807) is 34.6 Å². The van der Waals surface area contributed by atoms with Gasteiger partial charge in [0, 0.05) is 31.5 Å². The maximum Gasteiger partial charge on any atom is 0.423 e. The predicted molar refractivity (Wildman–Crippen MR) is 237 cm³/mol. The lowest BCUT2D eigenvalue weighted by molar-refractivity contribution is -0.137. The molecule has 0 bridgehead atoms. The van der Waals surface area contributed by atoms with Crippen LogP contribution in [0.1, 0.15) is 72.4 Å². The van der Waals surface area contributed by atoms with Crippen LogP contribution in [-0.2, 0) is 46.7 Å². The van der Waals surface area contributed by atoms with E-state index in [-0.39, 0.29) is 53.3 Å². The summed E-state index contributed by atoms with van der Waals surface area (Å²) in [4.78, 5) is 48.7. The molecule has 65 heavy (non-hydrogen) atoms. The Morgan fingerprint density at radius 3 is 1.45 bits per heavy atom.